The first-order valence-corrected chi connectivity index (χ1v) is 5.25. The van der Waals surface area contributed by atoms with Crippen LogP contribution < -0.4 is 5.73 Å². The minimum Gasteiger partial charge on any atom is -0.399 e. The van der Waals surface area contributed by atoms with E-state index in [4.69, 9.17) is 16.3 Å². The number of nitriles is 2. The first-order chi connectivity index (χ1) is 9.05. The Morgan fingerprint density at radius 1 is 0.947 bits per heavy atom. The molecule has 92 valence electrons. The van der Waals surface area contributed by atoms with Crippen molar-refractivity contribution in [3.8, 4) is 23.3 Å². The van der Waals surface area contributed by atoms with Crippen molar-refractivity contribution in [3.63, 3.8) is 0 Å². The van der Waals surface area contributed by atoms with E-state index < -0.39 is 11.6 Å². The van der Waals surface area contributed by atoms with Gasteiger partial charge in [-0.25, -0.2) is 8.78 Å². The Bertz CT molecular complexity index is 740. The molecule has 0 aromatic heterocycles. The van der Waals surface area contributed by atoms with E-state index in [2.05, 4.69) is 0 Å². The van der Waals surface area contributed by atoms with Crippen molar-refractivity contribution in [3.05, 3.63) is 53.1 Å². The van der Waals surface area contributed by atoms with E-state index in [1.165, 1.54) is 12.1 Å². The summed E-state index contributed by atoms with van der Waals surface area (Å²) >= 11 is 0. The lowest BCUT2D eigenvalue weighted by Gasteiger charge is -2.08. The second-order valence-electron chi connectivity index (χ2n) is 3.88. The van der Waals surface area contributed by atoms with Crippen molar-refractivity contribution in [2.45, 2.75) is 0 Å². The molecule has 0 spiro atoms. The number of halogens is 2. The van der Waals surface area contributed by atoms with Crippen LogP contribution in [0, 0.1) is 34.3 Å². The summed E-state index contributed by atoms with van der Waals surface area (Å²) in [7, 11) is 0. The molecule has 0 heterocycles. The molecule has 0 amide bonds. The fraction of sp³-hybridized carbons (Fsp3) is 0. The fourth-order valence-corrected chi connectivity index (χ4v) is 1.81. The summed E-state index contributed by atoms with van der Waals surface area (Å²) < 4.78 is 27.3. The van der Waals surface area contributed by atoms with Crippen LogP contribution in [0.4, 0.5) is 14.5 Å². The Morgan fingerprint density at radius 2 is 1.68 bits per heavy atom. The van der Waals surface area contributed by atoms with Gasteiger partial charge in [0.2, 0.25) is 0 Å². The van der Waals surface area contributed by atoms with Crippen LogP contribution in [0.25, 0.3) is 11.1 Å². The molecule has 2 aromatic carbocycles. The van der Waals surface area contributed by atoms with Gasteiger partial charge in [0.25, 0.3) is 0 Å². The lowest BCUT2D eigenvalue weighted by molar-refractivity contribution is 0.624. The average Bonchev–Trinajstić information content (AvgIpc) is 2.36. The van der Waals surface area contributed by atoms with Gasteiger partial charge in [0.1, 0.15) is 11.6 Å². The molecule has 2 rings (SSSR count). The SMILES string of the molecule is N#Cc1cc(F)cc(-c2c(F)cc(N)cc2C#N)c1. The smallest absolute Gasteiger partial charge is 0.134 e. The summed E-state index contributed by atoms with van der Waals surface area (Å²) in [5.74, 6) is -1.40. The van der Waals surface area contributed by atoms with Crippen LogP contribution in [0.1, 0.15) is 11.1 Å². The quantitative estimate of drug-likeness (QED) is 0.796. The standard InChI is InChI=1S/C14H7F2N3/c15-11-2-8(6-17)1-9(3-11)14-10(7-18)4-12(19)5-13(14)16/h1-5H,19H2. The van der Waals surface area contributed by atoms with Gasteiger partial charge in [-0.2, -0.15) is 10.5 Å². The molecule has 2 aromatic rings. The molecular weight excluding hydrogens is 248 g/mol. The number of nitrogens with two attached hydrogens (primary N) is 1. The molecule has 0 saturated heterocycles. The number of nitrogen functional groups attached to an aromatic ring is 1. The lowest BCUT2D eigenvalue weighted by atomic mass is 9.97. The summed E-state index contributed by atoms with van der Waals surface area (Å²) in [5.41, 5.74) is 5.67. The molecule has 0 saturated carbocycles. The van der Waals surface area contributed by atoms with Gasteiger partial charge in [0, 0.05) is 11.3 Å². The van der Waals surface area contributed by atoms with Crippen molar-refractivity contribution >= 4 is 5.69 Å². The second kappa shape index (κ2) is 4.75. The molecule has 0 aliphatic rings. The molecule has 3 nitrogen and oxygen atoms in total. The predicted molar refractivity (Wildman–Crippen MR) is 65.6 cm³/mol. The zero-order chi connectivity index (χ0) is 14.0. The van der Waals surface area contributed by atoms with Gasteiger partial charge in [-0.1, -0.05) is 0 Å². The van der Waals surface area contributed by atoms with E-state index in [1.54, 1.807) is 6.07 Å². The number of hydrogen-bond acceptors (Lipinski definition) is 3. The van der Waals surface area contributed by atoms with Crippen LogP contribution in [0.15, 0.2) is 30.3 Å². The lowest BCUT2D eigenvalue weighted by Crippen LogP contribution is -1.95. The Balaban J connectivity index is 2.76. The van der Waals surface area contributed by atoms with Gasteiger partial charge in [0.15, 0.2) is 0 Å². The Labute approximate surface area is 108 Å². The summed E-state index contributed by atoms with van der Waals surface area (Å²) in [6.45, 7) is 0. The van der Waals surface area contributed by atoms with Crippen LogP contribution in [0.5, 0.6) is 0 Å². The van der Waals surface area contributed by atoms with E-state index in [1.807, 2.05) is 6.07 Å². The molecule has 0 aliphatic heterocycles. The van der Waals surface area contributed by atoms with E-state index in [0.29, 0.717) is 0 Å². The van der Waals surface area contributed by atoms with Crippen molar-refractivity contribution in [1.29, 1.82) is 10.5 Å². The van der Waals surface area contributed by atoms with Crippen molar-refractivity contribution in [2.24, 2.45) is 0 Å². The highest BCUT2D eigenvalue weighted by atomic mass is 19.1. The Kier molecular flexibility index (Phi) is 3.14. The third kappa shape index (κ3) is 2.36. The Hall–Kier alpha value is -2.92. The van der Waals surface area contributed by atoms with Gasteiger partial charge >= 0.3 is 0 Å². The maximum Gasteiger partial charge on any atom is 0.134 e. The molecule has 19 heavy (non-hydrogen) atoms. The summed E-state index contributed by atoms with van der Waals surface area (Å²) in [6, 6.07) is 9.35. The number of rotatable bonds is 1. The molecular formula is C14H7F2N3. The summed E-state index contributed by atoms with van der Waals surface area (Å²) in [5, 5.41) is 17.8. The molecule has 0 aliphatic carbocycles. The molecule has 0 atom stereocenters. The van der Waals surface area contributed by atoms with Gasteiger partial charge in [-0.05, 0) is 35.9 Å². The average molecular weight is 255 g/mol. The van der Waals surface area contributed by atoms with Crippen LogP contribution in [-0.4, -0.2) is 0 Å². The molecule has 2 N–H and O–H groups in total. The van der Waals surface area contributed by atoms with Crippen molar-refractivity contribution in [2.75, 3.05) is 5.73 Å². The molecule has 0 fully saturated rings. The molecule has 0 radical (unpaired) electrons. The zero-order valence-electron chi connectivity index (χ0n) is 9.61. The van der Waals surface area contributed by atoms with Gasteiger partial charge in [-0.15, -0.1) is 0 Å². The third-order valence-corrected chi connectivity index (χ3v) is 2.55. The topological polar surface area (TPSA) is 73.6 Å². The number of anilines is 1. The van der Waals surface area contributed by atoms with Crippen LogP contribution >= 0.6 is 0 Å². The second-order valence-corrected chi connectivity index (χ2v) is 3.88. The van der Waals surface area contributed by atoms with E-state index in [0.717, 1.165) is 18.2 Å². The van der Waals surface area contributed by atoms with Crippen LogP contribution in [0.3, 0.4) is 0 Å². The van der Waals surface area contributed by atoms with Gasteiger partial charge in [-0.3, -0.25) is 0 Å². The van der Waals surface area contributed by atoms with Crippen LogP contribution in [0.2, 0.25) is 0 Å². The summed E-state index contributed by atoms with van der Waals surface area (Å²) in [4.78, 5) is 0. The monoisotopic (exact) mass is 255 g/mol. The van der Waals surface area contributed by atoms with Crippen LogP contribution in [-0.2, 0) is 0 Å². The van der Waals surface area contributed by atoms with Crippen molar-refractivity contribution < 1.29 is 8.78 Å². The van der Waals surface area contributed by atoms with E-state index in [9.17, 15) is 8.78 Å². The molecule has 0 bridgehead atoms. The van der Waals surface area contributed by atoms with Crippen molar-refractivity contribution in [1.82, 2.24) is 0 Å². The van der Waals surface area contributed by atoms with E-state index in [-0.39, 0.29) is 27.9 Å². The first-order valence-electron chi connectivity index (χ1n) is 5.25. The summed E-state index contributed by atoms with van der Waals surface area (Å²) in [6.07, 6.45) is 0. The highest BCUT2D eigenvalue weighted by molar-refractivity contribution is 5.74. The van der Waals surface area contributed by atoms with Gasteiger partial charge < -0.3 is 5.73 Å². The maximum atomic E-state index is 13.9. The third-order valence-electron chi connectivity index (χ3n) is 2.55. The van der Waals surface area contributed by atoms with Gasteiger partial charge in [0.05, 0.1) is 23.3 Å². The van der Waals surface area contributed by atoms with E-state index >= 15 is 0 Å². The predicted octanol–water partition coefficient (Wildman–Crippen LogP) is 2.96. The zero-order valence-corrected chi connectivity index (χ0v) is 9.61. The number of hydrogen-bond donors (Lipinski definition) is 1. The Morgan fingerprint density at radius 3 is 2.32 bits per heavy atom. The fourth-order valence-electron chi connectivity index (χ4n) is 1.81. The first kappa shape index (κ1) is 12.5. The highest BCUT2D eigenvalue weighted by Gasteiger charge is 2.14. The molecule has 0 unspecified atom stereocenters. The normalized spacial score (nSPS) is 9.68. The maximum absolute atomic E-state index is 13.9. The highest BCUT2D eigenvalue weighted by Crippen LogP contribution is 2.30. The number of benzene rings is 2. The minimum atomic E-state index is -0.731. The minimum absolute atomic E-state index is 0.00742. The largest absolute Gasteiger partial charge is 0.399 e. The molecule has 5 heteroatoms. The number of nitrogens with zero attached hydrogens (tertiary/aromatic N) is 2.